The largest absolute Gasteiger partial charge is 0.481 e. The van der Waals surface area contributed by atoms with Crippen molar-refractivity contribution in [3.63, 3.8) is 0 Å². The second kappa shape index (κ2) is 3.25. The van der Waals surface area contributed by atoms with Gasteiger partial charge in [-0.2, -0.15) is 0 Å². The molecule has 4 fully saturated rings. The average molecular weight is 238 g/mol. The topological polar surface area (TPSA) is 57.5 Å². The van der Waals surface area contributed by atoms with Gasteiger partial charge in [0, 0.05) is 0 Å². The highest BCUT2D eigenvalue weighted by Gasteiger charge is 2.69. The number of carboxylic acid groups (broad SMARTS) is 1. The van der Waals surface area contributed by atoms with Gasteiger partial charge < -0.3 is 10.2 Å². The Labute approximate surface area is 102 Å². The van der Waals surface area contributed by atoms with Gasteiger partial charge in [0.1, 0.15) is 0 Å². The summed E-state index contributed by atoms with van der Waals surface area (Å²) in [6.07, 6.45) is 4.67. The summed E-state index contributed by atoms with van der Waals surface area (Å²) in [7, 11) is 0. The molecule has 0 aromatic carbocycles. The smallest absolute Gasteiger partial charge is 0.312 e. The zero-order valence-corrected chi connectivity index (χ0v) is 10.6. The molecule has 0 saturated heterocycles. The molecule has 2 N–H and O–H groups in total. The van der Waals surface area contributed by atoms with Crippen molar-refractivity contribution in [3.8, 4) is 0 Å². The summed E-state index contributed by atoms with van der Waals surface area (Å²) in [4.78, 5) is 11.8. The van der Waals surface area contributed by atoms with Gasteiger partial charge in [-0.05, 0) is 55.8 Å². The number of rotatable bonds is 2. The Morgan fingerprint density at radius 3 is 2.12 bits per heavy atom. The van der Waals surface area contributed by atoms with E-state index in [1.807, 2.05) is 13.8 Å². The number of hydrogen-bond donors (Lipinski definition) is 2. The van der Waals surface area contributed by atoms with Gasteiger partial charge in [-0.1, -0.05) is 13.8 Å². The maximum atomic E-state index is 11.8. The normalized spacial score (nSPS) is 52.1. The summed E-state index contributed by atoms with van der Waals surface area (Å²) >= 11 is 0. The Morgan fingerprint density at radius 1 is 1.18 bits per heavy atom. The first-order valence-electron chi connectivity index (χ1n) is 6.86. The van der Waals surface area contributed by atoms with E-state index in [4.69, 9.17) is 0 Å². The first-order chi connectivity index (χ1) is 7.90. The fraction of sp³-hybridized carbons (Fsp3) is 0.929. The molecule has 4 aliphatic rings. The number of aliphatic hydroxyl groups is 1. The fourth-order valence-corrected chi connectivity index (χ4v) is 5.41. The Balaban J connectivity index is 2.11. The number of carboxylic acids is 1. The summed E-state index contributed by atoms with van der Waals surface area (Å²) in [5.74, 6) is 0.575. The minimum Gasteiger partial charge on any atom is -0.481 e. The van der Waals surface area contributed by atoms with Gasteiger partial charge in [0.05, 0.1) is 11.0 Å². The summed E-state index contributed by atoms with van der Waals surface area (Å²) in [5, 5.41) is 20.8. The Bertz CT molecular complexity index is 348. The van der Waals surface area contributed by atoms with Crippen LogP contribution in [-0.2, 0) is 4.79 Å². The molecule has 4 bridgehead atoms. The lowest BCUT2D eigenvalue weighted by atomic mass is 9.41. The predicted molar refractivity (Wildman–Crippen MR) is 63.4 cm³/mol. The van der Waals surface area contributed by atoms with Crippen LogP contribution in [0.15, 0.2) is 0 Å². The van der Waals surface area contributed by atoms with Crippen molar-refractivity contribution < 1.29 is 15.0 Å². The summed E-state index contributed by atoms with van der Waals surface area (Å²) in [6.45, 7) is 3.96. The third-order valence-electron chi connectivity index (χ3n) is 5.86. The first-order valence-corrected chi connectivity index (χ1v) is 6.86. The molecule has 96 valence electrons. The van der Waals surface area contributed by atoms with E-state index >= 15 is 0 Å². The minimum absolute atomic E-state index is 0.0311. The molecule has 4 rings (SSSR count). The van der Waals surface area contributed by atoms with Gasteiger partial charge in [-0.3, -0.25) is 4.79 Å². The number of aliphatic carboxylic acids is 1. The molecule has 4 aliphatic carbocycles. The average Bonchev–Trinajstić information content (AvgIpc) is 2.23. The Kier molecular flexibility index (Phi) is 2.20. The van der Waals surface area contributed by atoms with E-state index in [0.717, 1.165) is 12.8 Å². The summed E-state index contributed by atoms with van der Waals surface area (Å²) in [6, 6.07) is 0. The zero-order chi connectivity index (χ0) is 12.4. The Morgan fingerprint density at radius 2 is 1.71 bits per heavy atom. The highest BCUT2D eigenvalue weighted by atomic mass is 16.4. The molecule has 0 aromatic rings. The van der Waals surface area contributed by atoms with Crippen LogP contribution in [0.5, 0.6) is 0 Å². The van der Waals surface area contributed by atoms with E-state index in [2.05, 4.69) is 0 Å². The third-order valence-corrected chi connectivity index (χ3v) is 5.86. The van der Waals surface area contributed by atoms with Crippen LogP contribution in [0.25, 0.3) is 0 Å². The molecular formula is C14H22O3. The maximum absolute atomic E-state index is 11.8. The molecule has 0 amide bonds. The van der Waals surface area contributed by atoms with Crippen LogP contribution in [0, 0.1) is 29.1 Å². The van der Waals surface area contributed by atoms with Crippen molar-refractivity contribution in [2.24, 2.45) is 29.1 Å². The van der Waals surface area contributed by atoms with Gasteiger partial charge in [0.2, 0.25) is 0 Å². The zero-order valence-electron chi connectivity index (χ0n) is 10.6. The molecule has 0 radical (unpaired) electrons. The highest BCUT2D eigenvalue weighted by molar-refractivity contribution is 5.77. The van der Waals surface area contributed by atoms with Crippen LogP contribution in [-0.4, -0.2) is 21.8 Å². The molecule has 0 aromatic heterocycles. The van der Waals surface area contributed by atoms with Crippen molar-refractivity contribution in [1.82, 2.24) is 0 Å². The molecule has 3 heteroatoms. The van der Waals surface area contributed by atoms with Gasteiger partial charge in [0.15, 0.2) is 0 Å². The van der Waals surface area contributed by atoms with Gasteiger partial charge in [-0.25, -0.2) is 0 Å². The van der Waals surface area contributed by atoms with E-state index in [1.165, 1.54) is 6.42 Å². The molecule has 0 spiro atoms. The molecule has 0 heterocycles. The molecule has 3 nitrogen and oxygen atoms in total. The second-order valence-electron chi connectivity index (χ2n) is 6.91. The lowest BCUT2D eigenvalue weighted by Gasteiger charge is -2.65. The van der Waals surface area contributed by atoms with Crippen molar-refractivity contribution in [2.45, 2.75) is 51.6 Å². The van der Waals surface area contributed by atoms with Gasteiger partial charge in [-0.15, -0.1) is 0 Å². The Hall–Kier alpha value is -0.570. The van der Waals surface area contributed by atoms with E-state index in [9.17, 15) is 15.0 Å². The molecular weight excluding hydrogens is 216 g/mol. The van der Waals surface area contributed by atoms with Crippen molar-refractivity contribution >= 4 is 5.97 Å². The van der Waals surface area contributed by atoms with Gasteiger partial charge in [0.25, 0.3) is 0 Å². The summed E-state index contributed by atoms with van der Waals surface area (Å²) in [5.41, 5.74) is -1.83. The van der Waals surface area contributed by atoms with Crippen LogP contribution < -0.4 is 0 Å². The van der Waals surface area contributed by atoms with Crippen LogP contribution in [0.4, 0.5) is 0 Å². The van der Waals surface area contributed by atoms with E-state index < -0.39 is 17.0 Å². The van der Waals surface area contributed by atoms with Crippen molar-refractivity contribution in [1.29, 1.82) is 0 Å². The van der Waals surface area contributed by atoms with Crippen LogP contribution in [0.2, 0.25) is 0 Å². The lowest BCUT2D eigenvalue weighted by molar-refractivity contribution is -0.251. The standard InChI is InChI=1S/C14H22O3/c1-8(2)14(17)11-4-9-3-10(5-11)7-13(14,6-9)12(15)16/h8-11,17H,3-7H2,1-2H3,(H,15,16). The molecule has 4 saturated carbocycles. The third kappa shape index (κ3) is 1.19. The fourth-order valence-electron chi connectivity index (χ4n) is 5.41. The second-order valence-corrected chi connectivity index (χ2v) is 6.91. The molecule has 3 unspecified atom stereocenters. The molecule has 17 heavy (non-hydrogen) atoms. The van der Waals surface area contributed by atoms with E-state index in [0.29, 0.717) is 24.7 Å². The van der Waals surface area contributed by atoms with Crippen molar-refractivity contribution in [2.75, 3.05) is 0 Å². The SMILES string of the molecule is CC(C)C1(O)C2CC3CC(C2)CC1(C(=O)O)C3. The van der Waals surface area contributed by atoms with Crippen LogP contribution >= 0.6 is 0 Å². The lowest BCUT2D eigenvalue weighted by Crippen LogP contribution is -2.69. The molecule has 3 atom stereocenters. The van der Waals surface area contributed by atoms with E-state index in [-0.39, 0.29) is 11.8 Å². The maximum Gasteiger partial charge on any atom is 0.312 e. The minimum atomic E-state index is -0.980. The van der Waals surface area contributed by atoms with Crippen molar-refractivity contribution in [3.05, 3.63) is 0 Å². The quantitative estimate of drug-likeness (QED) is 0.776. The predicted octanol–water partition coefficient (Wildman–Crippen LogP) is 2.28. The van der Waals surface area contributed by atoms with Gasteiger partial charge >= 0.3 is 5.97 Å². The summed E-state index contributed by atoms with van der Waals surface area (Å²) < 4.78 is 0. The number of carbonyl (C=O) groups is 1. The molecule has 0 aliphatic heterocycles. The van der Waals surface area contributed by atoms with Crippen LogP contribution in [0.1, 0.15) is 46.0 Å². The highest BCUT2D eigenvalue weighted by Crippen LogP contribution is 2.66. The first kappa shape index (κ1) is 11.5. The van der Waals surface area contributed by atoms with Crippen LogP contribution in [0.3, 0.4) is 0 Å². The monoisotopic (exact) mass is 238 g/mol. The van der Waals surface area contributed by atoms with E-state index in [1.54, 1.807) is 0 Å². The number of hydrogen-bond acceptors (Lipinski definition) is 2.